The third-order valence-electron chi connectivity index (χ3n) is 4.05. The molecule has 0 unspecified atom stereocenters. The first-order valence-electron chi connectivity index (χ1n) is 8.07. The molecule has 0 saturated carbocycles. The minimum Gasteiger partial charge on any atom is -0.335 e. The first kappa shape index (κ1) is 17.5. The molecule has 1 aromatic heterocycles. The first-order chi connectivity index (χ1) is 12.1. The lowest BCUT2D eigenvalue weighted by Gasteiger charge is -2.34. The van der Waals surface area contributed by atoms with Crippen LogP contribution in [0.25, 0.3) is 0 Å². The zero-order chi connectivity index (χ0) is 17.8. The number of benzene rings is 1. The zero-order valence-electron chi connectivity index (χ0n) is 13.7. The van der Waals surface area contributed by atoms with E-state index in [1.807, 2.05) is 0 Å². The average molecular weight is 362 g/mol. The third-order valence-corrected chi connectivity index (χ3v) is 4.96. The highest BCUT2D eigenvalue weighted by atomic mass is 32.1. The first-order valence-corrected chi connectivity index (χ1v) is 8.95. The summed E-state index contributed by atoms with van der Waals surface area (Å²) >= 11 is 1.43. The molecule has 1 aliphatic rings. The molecule has 8 heteroatoms. The second kappa shape index (κ2) is 7.71. The molecule has 132 valence electrons. The molecule has 25 heavy (non-hydrogen) atoms. The molecule has 0 atom stereocenters. The van der Waals surface area contributed by atoms with Crippen LogP contribution in [0.4, 0.5) is 4.39 Å². The number of hydrogen-bond donors (Lipinski definition) is 1. The monoisotopic (exact) mass is 362 g/mol. The van der Waals surface area contributed by atoms with Gasteiger partial charge in [-0.3, -0.25) is 9.59 Å². The van der Waals surface area contributed by atoms with E-state index in [-0.39, 0.29) is 11.8 Å². The molecule has 0 spiro atoms. The Morgan fingerprint density at radius 1 is 1.16 bits per heavy atom. The summed E-state index contributed by atoms with van der Waals surface area (Å²) in [6.07, 6.45) is 0.661. The van der Waals surface area contributed by atoms with Crippen LogP contribution in [0.5, 0.6) is 0 Å². The maximum atomic E-state index is 13.3. The van der Waals surface area contributed by atoms with Crippen molar-refractivity contribution in [1.29, 1.82) is 0 Å². The molecule has 2 heterocycles. The van der Waals surface area contributed by atoms with Crippen LogP contribution in [0.15, 0.2) is 29.6 Å². The van der Waals surface area contributed by atoms with Crippen molar-refractivity contribution in [1.82, 2.24) is 14.8 Å². The number of carbonyl (C=O) groups is 2. The number of nitrogens with two attached hydrogens (primary N) is 1. The Hall–Kier alpha value is -2.32. The topological polar surface area (TPSA) is 79.5 Å². The molecule has 2 N–H and O–H groups in total. The Bertz CT molecular complexity index is 772. The number of halogens is 1. The van der Waals surface area contributed by atoms with Crippen molar-refractivity contribution in [2.45, 2.75) is 6.42 Å². The van der Waals surface area contributed by atoms with Gasteiger partial charge in [-0.15, -0.1) is 11.3 Å². The van der Waals surface area contributed by atoms with Crippen molar-refractivity contribution in [2.24, 2.45) is 5.73 Å². The van der Waals surface area contributed by atoms with Crippen LogP contribution in [0, 0.1) is 5.82 Å². The SMILES string of the molecule is NCCc1nc(C(=O)N2CCN(C(=O)c3cccc(F)c3)CC2)cs1. The van der Waals surface area contributed by atoms with Crippen LogP contribution < -0.4 is 5.73 Å². The second-order valence-corrected chi connectivity index (χ2v) is 6.70. The Morgan fingerprint density at radius 3 is 2.48 bits per heavy atom. The fourth-order valence-electron chi connectivity index (χ4n) is 2.73. The van der Waals surface area contributed by atoms with Crippen molar-refractivity contribution in [2.75, 3.05) is 32.7 Å². The van der Waals surface area contributed by atoms with Crippen LogP contribution in [-0.4, -0.2) is 59.3 Å². The summed E-state index contributed by atoms with van der Waals surface area (Å²) in [6.45, 7) is 2.21. The molecule has 1 saturated heterocycles. The Morgan fingerprint density at radius 2 is 1.84 bits per heavy atom. The van der Waals surface area contributed by atoms with Crippen molar-refractivity contribution >= 4 is 23.2 Å². The van der Waals surface area contributed by atoms with Crippen LogP contribution in [-0.2, 0) is 6.42 Å². The molecule has 0 bridgehead atoms. The molecule has 1 aromatic carbocycles. The van der Waals surface area contributed by atoms with E-state index < -0.39 is 5.82 Å². The van der Waals surface area contributed by atoms with Gasteiger partial charge in [-0.1, -0.05) is 6.07 Å². The van der Waals surface area contributed by atoms with Gasteiger partial charge in [0.1, 0.15) is 11.5 Å². The van der Waals surface area contributed by atoms with Gasteiger partial charge < -0.3 is 15.5 Å². The fourth-order valence-corrected chi connectivity index (χ4v) is 3.51. The smallest absolute Gasteiger partial charge is 0.273 e. The second-order valence-electron chi connectivity index (χ2n) is 5.76. The Kier molecular flexibility index (Phi) is 5.40. The number of carbonyl (C=O) groups excluding carboxylic acids is 2. The number of thiazole rings is 1. The summed E-state index contributed by atoms with van der Waals surface area (Å²) in [7, 11) is 0. The zero-order valence-corrected chi connectivity index (χ0v) is 14.5. The van der Waals surface area contributed by atoms with Gasteiger partial charge >= 0.3 is 0 Å². The highest BCUT2D eigenvalue weighted by Crippen LogP contribution is 2.15. The normalized spacial score (nSPS) is 14.6. The van der Waals surface area contributed by atoms with E-state index >= 15 is 0 Å². The molecular formula is C17H19FN4O2S. The average Bonchev–Trinajstić information content (AvgIpc) is 3.09. The van der Waals surface area contributed by atoms with Crippen LogP contribution >= 0.6 is 11.3 Å². The molecule has 1 aliphatic heterocycles. The number of nitrogens with zero attached hydrogens (tertiary/aromatic N) is 3. The van der Waals surface area contributed by atoms with E-state index in [1.165, 1.54) is 29.5 Å². The van der Waals surface area contributed by atoms with E-state index in [9.17, 15) is 14.0 Å². The van der Waals surface area contributed by atoms with E-state index in [1.54, 1.807) is 21.2 Å². The van der Waals surface area contributed by atoms with Crippen LogP contribution in [0.1, 0.15) is 25.9 Å². The predicted octanol–water partition coefficient (Wildman–Crippen LogP) is 1.38. The quantitative estimate of drug-likeness (QED) is 0.891. The van der Waals surface area contributed by atoms with E-state index in [0.29, 0.717) is 50.4 Å². The minimum atomic E-state index is -0.434. The van der Waals surface area contributed by atoms with E-state index in [0.717, 1.165) is 5.01 Å². The molecule has 3 rings (SSSR count). The molecule has 1 fully saturated rings. The van der Waals surface area contributed by atoms with Gasteiger partial charge in [0.05, 0.1) is 5.01 Å². The number of piperazine rings is 1. The molecule has 2 aromatic rings. The van der Waals surface area contributed by atoms with Gasteiger partial charge in [0.15, 0.2) is 0 Å². The summed E-state index contributed by atoms with van der Waals surface area (Å²) in [5, 5.41) is 2.60. The van der Waals surface area contributed by atoms with Gasteiger partial charge in [0, 0.05) is 43.5 Å². The number of aromatic nitrogens is 1. The van der Waals surface area contributed by atoms with Gasteiger partial charge in [-0.2, -0.15) is 0 Å². The summed E-state index contributed by atoms with van der Waals surface area (Å²) in [4.78, 5) is 32.5. The largest absolute Gasteiger partial charge is 0.335 e. The van der Waals surface area contributed by atoms with Crippen molar-refractivity contribution in [3.63, 3.8) is 0 Å². The van der Waals surface area contributed by atoms with Gasteiger partial charge in [0.2, 0.25) is 0 Å². The standard InChI is InChI=1S/C17H19FN4O2S/c18-13-3-1-2-12(10-13)16(23)21-6-8-22(9-7-21)17(24)14-11-25-15(20-14)4-5-19/h1-3,10-11H,4-9,19H2. The van der Waals surface area contributed by atoms with Gasteiger partial charge in [-0.25, -0.2) is 9.37 Å². The highest BCUT2D eigenvalue weighted by molar-refractivity contribution is 7.09. The number of amides is 2. The lowest BCUT2D eigenvalue weighted by atomic mass is 10.1. The van der Waals surface area contributed by atoms with Crippen LogP contribution in [0.2, 0.25) is 0 Å². The lowest BCUT2D eigenvalue weighted by Crippen LogP contribution is -2.50. The van der Waals surface area contributed by atoms with Crippen molar-refractivity contribution in [3.05, 3.63) is 51.7 Å². The molecule has 0 radical (unpaired) electrons. The number of hydrogen-bond acceptors (Lipinski definition) is 5. The van der Waals surface area contributed by atoms with Gasteiger partial charge in [0.25, 0.3) is 11.8 Å². The molecular weight excluding hydrogens is 343 g/mol. The van der Waals surface area contributed by atoms with Crippen molar-refractivity contribution in [3.8, 4) is 0 Å². The van der Waals surface area contributed by atoms with Crippen molar-refractivity contribution < 1.29 is 14.0 Å². The van der Waals surface area contributed by atoms with E-state index in [2.05, 4.69) is 4.98 Å². The van der Waals surface area contributed by atoms with E-state index in [4.69, 9.17) is 5.73 Å². The maximum Gasteiger partial charge on any atom is 0.273 e. The van der Waals surface area contributed by atoms with Crippen LogP contribution in [0.3, 0.4) is 0 Å². The molecule has 2 amide bonds. The summed E-state index contributed by atoms with van der Waals surface area (Å²) < 4.78 is 13.3. The Balaban J connectivity index is 1.59. The number of rotatable bonds is 4. The predicted molar refractivity (Wildman–Crippen MR) is 93.1 cm³/mol. The summed E-state index contributed by atoms with van der Waals surface area (Å²) in [5.41, 5.74) is 6.25. The van der Waals surface area contributed by atoms with Gasteiger partial charge in [-0.05, 0) is 24.7 Å². The highest BCUT2D eigenvalue weighted by Gasteiger charge is 2.26. The maximum absolute atomic E-state index is 13.3. The minimum absolute atomic E-state index is 0.127. The summed E-state index contributed by atoms with van der Waals surface area (Å²) in [5.74, 6) is -0.778. The third kappa shape index (κ3) is 4.02. The lowest BCUT2D eigenvalue weighted by molar-refractivity contribution is 0.0532. The Labute approximate surface area is 149 Å². The fraction of sp³-hybridized carbons (Fsp3) is 0.353. The molecule has 0 aliphatic carbocycles. The molecule has 6 nitrogen and oxygen atoms in total. The summed E-state index contributed by atoms with van der Waals surface area (Å²) in [6, 6.07) is 5.65.